The van der Waals surface area contributed by atoms with Crippen molar-refractivity contribution in [3.8, 4) is 0 Å². The van der Waals surface area contributed by atoms with E-state index in [-0.39, 0.29) is 5.91 Å². The Morgan fingerprint density at radius 2 is 2.40 bits per heavy atom. The Bertz CT molecular complexity index is 376. The summed E-state index contributed by atoms with van der Waals surface area (Å²) < 4.78 is 1.65. The van der Waals surface area contributed by atoms with Crippen molar-refractivity contribution >= 4 is 21.8 Å². The van der Waals surface area contributed by atoms with Crippen molar-refractivity contribution in [2.45, 2.75) is 24.2 Å². The summed E-state index contributed by atoms with van der Waals surface area (Å²) in [5, 5.41) is 4.01. The maximum atomic E-state index is 12.1. The van der Waals surface area contributed by atoms with E-state index in [2.05, 4.69) is 28.0 Å². The van der Waals surface area contributed by atoms with E-state index in [0.717, 1.165) is 13.0 Å². The van der Waals surface area contributed by atoms with Crippen molar-refractivity contribution in [3.63, 3.8) is 0 Å². The Morgan fingerprint density at radius 1 is 1.67 bits per heavy atom. The first-order chi connectivity index (χ1) is 7.08. The molecule has 4 nitrogen and oxygen atoms in total. The highest BCUT2D eigenvalue weighted by atomic mass is 79.9. The molecule has 0 aromatic carbocycles. The van der Waals surface area contributed by atoms with E-state index in [1.807, 2.05) is 11.9 Å². The lowest BCUT2D eigenvalue weighted by molar-refractivity contribution is 0.0748. The first kappa shape index (κ1) is 10.7. The Kier molecular flexibility index (Phi) is 2.82. The van der Waals surface area contributed by atoms with Crippen molar-refractivity contribution in [3.05, 3.63) is 18.0 Å². The number of hydrogen-bond acceptors (Lipinski definition) is 2. The Balaban J connectivity index is 2.15. The van der Waals surface area contributed by atoms with Crippen LogP contribution < -0.4 is 0 Å². The molecule has 0 saturated carbocycles. The van der Waals surface area contributed by atoms with Crippen LogP contribution in [-0.2, 0) is 7.05 Å². The van der Waals surface area contributed by atoms with Gasteiger partial charge in [-0.2, -0.15) is 5.10 Å². The summed E-state index contributed by atoms with van der Waals surface area (Å²) in [5.41, 5.74) is 0.672. The van der Waals surface area contributed by atoms with Crippen LogP contribution in [0.1, 0.15) is 23.7 Å². The molecule has 1 aromatic rings. The average molecular weight is 272 g/mol. The van der Waals surface area contributed by atoms with Gasteiger partial charge in [-0.1, -0.05) is 15.9 Å². The second-order valence-electron chi connectivity index (χ2n) is 4.04. The lowest BCUT2D eigenvalue weighted by Gasteiger charge is -2.20. The molecule has 5 heteroatoms. The fraction of sp³-hybridized carbons (Fsp3) is 0.600. The van der Waals surface area contributed by atoms with Crippen LogP contribution >= 0.6 is 15.9 Å². The summed E-state index contributed by atoms with van der Waals surface area (Å²) in [6.07, 6.45) is 4.40. The van der Waals surface area contributed by atoms with Gasteiger partial charge in [0.2, 0.25) is 0 Å². The molecule has 0 aliphatic carbocycles. The van der Waals surface area contributed by atoms with E-state index in [4.69, 9.17) is 0 Å². The molecule has 1 fully saturated rings. The number of carbonyl (C=O) groups is 1. The van der Waals surface area contributed by atoms with Gasteiger partial charge in [-0.05, 0) is 13.3 Å². The minimum absolute atomic E-state index is 0.0811. The number of alkyl halides is 1. The third-order valence-corrected chi connectivity index (χ3v) is 3.40. The predicted molar refractivity (Wildman–Crippen MR) is 61.0 cm³/mol. The van der Waals surface area contributed by atoms with Crippen molar-refractivity contribution in [2.75, 3.05) is 6.54 Å². The van der Waals surface area contributed by atoms with Crippen LogP contribution in [0, 0.1) is 0 Å². The van der Waals surface area contributed by atoms with E-state index in [0.29, 0.717) is 16.4 Å². The molecule has 0 bridgehead atoms. The molecule has 1 aliphatic heterocycles. The number of likely N-dealkylation sites (tertiary alicyclic amines) is 1. The normalized spacial score (nSPS) is 25.9. The van der Waals surface area contributed by atoms with Crippen molar-refractivity contribution < 1.29 is 4.79 Å². The van der Waals surface area contributed by atoms with Gasteiger partial charge in [-0.25, -0.2) is 0 Å². The van der Waals surface area contributed by atoms with Gasteiger partial charge in [0, 0.05) is 30.7 Å². The molecule has 1 amide bonds. The molecular weight excluding hydrogens is 258 g/mol. The summed E-state index contributed by atoms with van der Waals surface area (Å²) in [6, 6.07) is 0.307. The van der Waals surface area contributed by atoms with E-state index in [1.165, 1.54) is 0 Å². The third kappa shape index (κ3) is 2.07. The van der Waals surface area contributed by atoms with E-state index in [1.54, 1.807) is 17.1 Å². The highest BCUT2D eigenvalue weighted by Gasteiger charge is 2.31. The number of aromatic nitrogens is 2. The molecule has 15 heavy (non-hydrogen) atoms. The molecule has 2 heterocycles. The lowest BCUT2D eigenvalue weighted by atomic mass is 10.2. The largest absolute Gasteiger partial charge is 0.335 e. The molecular formula is C10H14BrN3O. The fourth-order valence-electron chi connectivity index (χ4n) is 1.95. The van der Waals surface area contributed by atoms with Gasteiger partial charge < -0.3 is 4.90 Å². The van der Waals surface area contributed by atoms with Crippen molar-refractivity contribution in [1.82, 2.24) is 14.7 Å². The molecule has 0 N–H and O–H groups in total. The van der Waals surface area contributed by atoms with Crippen LogP contribution in [0.3, 0.4) is 0 Å². The molecule has 1 saturated heterocycles. The van der Waals surface area contributed by atoms with Crippen LogP contribution in [0.4, 0.5) is 0 Å². The summed E-state index contributed by atoms with van der Waals surface area (Å²) in [6.45, 7) is 2.87. The highest BCUT2D eigenvalue weighted by Crippen LogP contribution is 2.24. The molecule has 1 aliphatic rings. The van der Waals surface area contributed by atoms with Crippen molar-refractivity contribution in [1.29, 1.82) is 0 Å². The number of carbonyl (C=O) groups excluding carboxylic acids is 1. The number of aryl methyl sites for hydroxylation is 1. The number of halogens is 1. The van der Waals surface area contributed by atoms with Gasteiger partial charge in [-0.3, -0.25) is 9.48 Å². The third-order valence-electron chi connectivity index (χ3n) is 2.74. The van der Waals surface area contributed by atoms with Gasteiger partial charge in [0.25, 0.3) is 5.91 Å². The number of rotatable bonds is 1. The zero-order chi connectivity index (χ0) is 11.0. The topological polar surface area (TPSA) is 38.1 Å². The van der Waals surface area contributed by atoms with Crippen LogP contribution in [0.2, 0.25) is 0 Å². The number of amides is 1. The highest BCUT2D eigenvalue weighted by molar-refractivity contribution is 9.09. The fourth-order valence-corrected chi connectivity index (χ4v) is 2.80. The van der Waals surface area contributed by atoms with E-state index < -0.39 is 0 Å². The maximum Gasteiger partial charge on any atom is 0.257 e. The molecule has 2 unspecified atom stereocenters. The zero-order valence-corrected chi connectivity index (χ0v) is 10.4. The Hall–Kier alpha value is -0.840. The summed E-state index contributed by atoms with van der Waals surface area (Å²) in [7, 11) is 1.82. The quantitative estimate of drug-likeness (QED) is 0.725. The van der Waals surface area contributed by atoms with Gasteiger partial charge >= 0.3 is 0 Å². The molecule has 2 atom stereocenters. The summed E-state index contributed by atoms with van der Waals surface area (Å²) in [5.74, 6) is 0.0811. The first-order valence-electron chi connectivity index (χ1n) is 5.01. The standard InChI is InChI=1S/C10H14BrN3O/c1-7-3-9(11)6-14(7)10(15)8-4-12-13(2)5-8/h4-5,7,9H,3,6H2,1-2H3. The second-order valence-corrected chi connectivity index (χ2v) is 5.34. The van der Waals surface area contributed by atoms with Crippen LogP contribution in [0.25, 0.3) is 0 Å². The Morgan fingerprint density at radius 3 is 2.87 bits per heavy atom. The molecule has 82 valence electrons. The van der Waals surface area contributed by atoms with Gasteiger partial charge in [0.05, 0.1) is 11.8 Å². The van der Waals surface area contributed by atoms with Crippen LogP contribution in [-0.4, -0.2) is 38.0 Å². The number of hydrogen-bond donors (Lipinski definition) is 0. The van der Waals surface area contributed by atoms with Crippen LogP contribution in [0.15, 0.2) is 12.4 Å². The summed E-state index contributed by atoms with van der Waals surface area (Å²) >= 11 is 3.55. The lowest BCUT2D eigenvalue weighted by Crippen LogP contribution is -2.33. The predicted octanol–water partition coefficient (Wildman–Crippen LogP) is 1.42. The smallest absolute Gasteiger partial charge is 0.257 e. The monoisotopic (exact) mass is 271 g/mol. The second kappa shape index (κ2) is 3.96. The van der Waals surface area contributed by atoms with Crippen LogP contribution in [0.5, 0.6) is 0 Å². The minimum Gasteiger partial charge on any atom is -0.335 e. The van der Waals surface area contributed by atoms with Gasteiger partial charge in [0.1, 0.15) is 0 Å². The SMILES string of the molecule is CC1CC(Br)CN1C(=O)c1cnn(C)c1. The molecule has 0 spiro atoms. The average Bonchev–Trinajstić information content (AvgIpc) is 2.71. The first-order valence-corrected chi connectivity index (χ1v) is 5.93. The van der Waals surface area contributed by atoms with Gasteiger partial charge in [0.15, 0.2) is 0 Å². The summed E-state index contributed by atoms with van der Waals surface area (Å²) in [4.78, 5) is 14.4. The maximum absolute atomic E-state index is 12.1. The minimum atomic E-state index is 0.0811. The Labute approximate surface area is 97.4 Å². The molecule has 0 radical (unpaired) electrons. The molecule has 1 aromatic heterocycles. The van der Waals surface area contributed by atoms with Gasteiger partial charge in [-0.15, -0.1) is 0 Å². The van der Waals surface area contributed by atoms with E-state index >= 15 is 0 Å². The number of nitrogens with zero attached hydrogens (tertiary/aromatic N) is 3. The van der Waals surface area contributed by atoms with E-state index in [9.17, 15) is 4.79 Å². The van der Waals surface area contributed by atoms with Crippen molar-refractivity contribution in [2.24, 2.45) is 7.05 Å². The molecule has 2 rings (SSSR count). The zero-order valence-electron chi connectivity index (χ0n) is 8.85.